The second-order valence-electron chi connectivity index (χ2n) is 30.0. The Hall–Kier alpha value is -12.2. The highest BCUT2D eigenvalue weighted by Crippen LogP contribution is 2.38. The van der Waals surface area contributed by atoms with Gasteiger partial charge in [-0.25, -0.2) is 15.0 Å². The molecule has 3 aliphatic heterocycles. The average molecular weight is 1590 g/mol. The summed E-state index contributed by atoms with van der Waals surface area (Å²) in [5, 5.41) is 90.8. The Kier molecular flexibility index (Phi) is 28.6. The zero-order valence-corrected chi connectivity index (χ0v) is 64.2. The average Bonchev–Trinajstić information content (AvgIpc) is 1.78. The summed E-state index contributed by atoms with van der Waals surface area (Å²) >= 11 is 0. The molecule has 3 aliphatic carbocycles. The van der Waals surface area contributed by atoms with Gasteiger partial charge in [0.15, 0.2) is 23.2 Å². The van der Waals surface area contributed by atoms with Crippen molar-refractivity contribution in [3.05, 3.63) is 162 Å². The van der Waals surface area contributed by atoms with Gasteiger partial charge in [0.2, 0.25) is 41.4 Å². The maximum Gasteiger partial charge on any atom is 0.312 e. The Morgan fingerprint density at radius 1 is 0.417 bits per heavy atom. The minimum atomic E-state index is -1.37. The fraction of sp³-hybridized carbons (Fsp3) is 0.468. The van der Waals surface area contributed by atoms with Gasteiger partial charge in [0.05, 0.1) is 72.3 Å². The van der Waals surface area contributed by atoms with Crippen LogP contribution in [0.1, 0.15) is 128 Å². The van der Waals surface area contributed by atoms with E-state index in [1.54, 1.807) is 101 Å². The molecule has 12 rings (SSSR count). The number of hydrogen-bond acceptors (Lipinski definition) is 25. The van der Waals surface area contributed by atoms with E-state index in [-0.39, 0.29) is 71.3 Å². The summed E-state index contributed by atoms with van der Waals surface area (Å²) in [6.07, 6.45) is 13.3. The molecule has 18 atom stereocenters. The number of ether oxygens (including phenoxy) is 1. The Balaban J connectivity index is 0.000000182. The van der Waals surface area contributed by atoms with Crippen molar-refractivity contribution >= 4 is 70.9 Å². The summed E-state index contributed by atoms with van der Waals surface area (Å²) in [6, 6.07) is 7.60. The number of aromatic hydroxyl groups is 3. The van der Waals surface area contributed by atoms with Crippen molar-refractivity contribution in [3.63, 3.8) is 0 Å². The van der Waals surface area contributed by atoms with Gasteiger partial charge in [-0.3, -0.25) is 72.5 Å². The summed E-state index contributed by atoms with van der Waals surface area (Å²) in [6.45, 7) is 9.19. The molecule has 115 heavy (non-hydrogen) atoms. The number of likely N-dealkylation sites (N-methyl/N-ethyl adjacent to an activating group) is 1. The number of aliphatic hydroxyl groups excluding tert-OH is 3. The van der Waals surface area contributed by atoms with E-state index in [2.05, 4.69) is 83.1 Å². The van der Waals surface area contributed by atoms with Crippen LogP contribution in [0.3, 0.4) is 0 Å². The highest BCUT2D eigenvalue weighted by Gasteiger charge is 2.49. The number of carbonyl (C=O) groups is 12. The van der Waals surface area contributed by atoms with Crippen LogP contribution in [0, 0.1) is 35.5 Å². The lowest BCUT2D eigenvalue weighted by Crippen LogP contribution is -2.64. The van der Waals surface area contributed by atoms with Crippen LogP contribution in [0.5, 0.6) is 17.2 Å². The van der Waals surface area contributed by atoms with Crippen LogP contribution < -0.4 is 53.2 Å². The van der Waals surface area contributed by atoms with E-state index in [1.807, 2.05) is 0 Å². The highest BCUT2D eigenvalue weighted by molar-refractivity contribution is 6.01. The third-order valence-electron chi connectivity index (χ3n) is 21.1. The van der Waals surface area contributed by atoms with Gasteiger partial charge in [-0.1, -0.05) is 32.0 Å². The Morgan fingerprint density at radius 3 is 1.12 bits per heavy atom. The third kappa shape index (κ3) is 22.2. The van der Waals surface area contributed by atoms with Crippen LogP contribution in [0.2, 0.25) is 0 Å². The number of aromatic nitrogens is 6. The number of hydrogen-bond donors (Lipinski definition) is 16. The molecule has 11 amide bonds. The molecule has 6 aromatic rings. The molecule has 16 N–H and O–H groups in total. The molecule has 0 aromatic carbocycles. The Morgan fingerprint density at radius 2 is 0.765 bits per heavy atom. The second-order valence-corrected chi connectivity index (χ2v) is 30.0. The molecule has 36 nitrogen and oxygen atoms in total. The van der Waals surface area contributed by atoms with E-state index in [0.29, 0.717) is 24.0 Å². The van der Waals surface area contributed by atoms with Crippen molar-refractivity contribution in [2.45, 2.75) is 190 Å². The molecule has 3 unspecified atom stereocenters. The third-order valence-corrected chi connectivity index (χ3v) is 21.1. The summed E-state index contributed by atoms with van der Waals surface area (Å²) in [5.74, 6) is -12.1. The first kappa shape index (κ1) is 85.3. The molecule has 9 heterocycles. The van der Waals surface area contributed by atoms with Gasteiger partial charge < -0.3 is 93.4 Å². The van der Waals surface area contributed by atoms with Crippen LogP contribution in [0.25, 0.3) is 0 Å². The number of aliphatic hydroxyl groups is 3. The van der Waals surface area contributed by atoms with Crippen molar-refractivity contribution in [2.75, 3.05) is 7.05 Å². The smallest absolute Gasteiger partial charge is 0.312 e. The van der Waals surface area contributed by atoms with Gasteiger partial charge in [0, 0.05) is 68.7 Å². The van der Waals surface area contributed by atoms with Gasteiger partial charge in [0.25, 0.3) is 23.6 Å². The molecule has 612 valence electrons. The number of esters is 1. The van der Waals surface area contributed by atoms with E-state index in [1.165, 1.54) is 80.7 Å². The standard InChI is InChI=1S/C27H34N6O6.C26H32N6O6.C26H31N5O7/c1-14-23(35)18(12-16-6-4-10-28-13-16)31-24(36)20(32-25(37)21-19(34)7-5-11-29-21)15(2)30-26(38)22(17-8-9-17)33(3)27(14)39;1-13-22(34)17(11-15-5-3-9-27-12-15)30-24(36)19(31-26(38)21-18(33)6-4-10-28-21)14(2)29-25(37)20(16-7-8-16)32-23(13)35;1-13-21(33)17(11-15-5-3-9-27-12-15)30-23(34)19(31-24(35)20-18(32)6-4-10-28-20)14(2)29-25(36)22(16-7-8-16)38-26(13)37/h4-7,10-11,13-15,17-18,20,22-23,34-35H,8-9,12H2,1-3H3,(H,30,38)(H,31,36)(H,32,37);3-6,9-10,12-14,16-17,19-20,22,33-34H,7-8,11H2,1-2H3,(H,29,37)(H,30,36)(H,31,38)(H,32,35);3-6,9-10,12-14,16-17,19,21-22,32-33H,7-8,11H2,1-2H3,(H,29,36)(H,30,34)(H,31,35)/t14-,15-,18+,20+,22?,23+;13-,14-,17+,19+,20?,22+;13-,14-,17+,19+,21+,22?/m111/s1. The topological polar surface area (TPSA) is 536 Å². The lowest BCUT2D eigenvalue weighted by atomic mass is 9.91. The second kappa shape index (κ2) is 38.6. The van der Waals surface area contributed by atoms with E-state index in [0.717, 1.165) is 31.2 Å². The number of nitrogens with one attached hydrogen (secondary N) is 10. The van der Waals surface area contributed by atoms with E-state index < -0.39 is 180 Å². The quantitative estimate of drug-likeness (QED) is 0.0550. The van der Waals surface area contributed by atoms with Gasteiger partial charge in [-0.05, 0) is 169 Å². The molecular weight excluding hydrogens is 1490 g/mol. The van der Waals surface area contributed by atoms with Gasteiger partial charge in [-0.2, -0.15) is 0 Å². The lowest BCUT2D eigenvalue weighted by molar-refractivity contribution is -0.165. The van der Waals surface area contributed by atoms with Crippen molar-refractivity contribution < 1.29 is 92.9 Å². The largest absolute Gasteiger partial charge is 0.505 e. The molecular formula is C79H97N17O19. The number of amides is 11. The first-order valence-electron chi connectivity index (χ1n) is 38.0. The maximum absolute atomic E-state index is 13.6. The normalized spacial score (nSPS) is 28.6. The molecule has 0 spiro atoms. The summed E-state index contributed by atoms with van der Waals surface area (Å²) in [7, 11) is 1.54. The SMILES string of the molecule is C[C@H]1NC(=O)C(C2CC2)N(C)C(=O)[C@H](C)[C@H](O)[C@H](Cc2cccnc2)NC(=O)[C@H]1NC(=O)c1ncccc1O.C[C@H]1NC(=O)C(C2CC2)NC(=O)[C@H](C)[C@H](O)[C@H](Cc2cccnc2)NC(=O)[C@H]1NC(=O)c1ncccc1O.C[C@H]1NC(=O)C(C2CC2)OC(=O)[C@H](C)[C@H](O)[C@H](Cc2cccnc2)NC(=O)[C@H]1NC(=O)c1ncccc1O. The molecule has 6 fully saturated rings. The van der Waals surface area contributed by atoms with Crippen LogP contribution in [0.15, 0.2) is 129 Å². The first-order valence-corrected chi connectivity index (χ1v) is 38.0. The maximum atomic E-state index is 13.6. The van der Waals surface area contributed by atoms with Gasteiger partial charge in [0.1, 0.15) is 47.5 Å². The van der Waals surface area contributed by atoms with Crippen molar-refractivity contribution in [1.82, 2.24) is 88.0 Å². The fourth-order valence-electron chi connectivity index (χ4n) is 13.9. The predicted molar refractivity (Wildman–Crippen MR) is 406 cm³/mol. The number of cyclic esters (lactones) is 1. The number of rotatable bonds is 15. The van der Waals surface area contributed by atoms with Crippen LogP contribution in [-0.4, -0.2) is 234 Å². The van der Waals surface area contributed by atoms with Crippen molar-refractivity contribution in [2.24, 2.45) is 35.5 Å². The van der Waals surface area contributed by atoms with E-state index >= 15 is 0 Å². The summed E-state index contributed by atoms with van der Waals surface area (Å²) in [4.78, 5) is 184. The molecule has 3 saturated carbocycles. The zero-order valence-electron chi connectivity index (χ0n) is 64.2. The van der Waals surface area contributed by atoms with Crippen molar-refractivity contribution in [3.8, 4) is 17.2 Å². The van der Waals surface area contributed by atoms with Gasteiger partial charge in [-0.15, -0.1) is 0 Å². The number of nitrogens with zero attached hydrogens (tertiary/aromatic N) is 7. The first-order chi connectivity index (χ1) is 54.9. The predicted octanol–water partition coefficient (Wildman–Crippen LogP) is -0.976. The Labute approximate surface area is 661 Å². The van der Waals surface area contributed by atoms with E-state index in [9.17, 15) is 88.2 Å². The zero-order chi connectivity index (χ0) is 83.1. The minimum Gasteiger partial charge on any atom is -0.505 e. The summed E-state index contributed by atoms with van der Waals surface area (Å²) < 4.78 is 5.55. The molecule has 3 saturated heterocycles. The molecule has 6 aromatic heterocycles. The lowest BCUT2D eigenvalue weighted by Gasteiger charge is -2.37. The van der Waals surface area contributed by atoms with E-state index in [4.69, 9.17) is 4.74 Å². The highest BCUT2D eigenvalue weighted by atomic mass is 16.6. The number of pyridine rings is 6. The molecule has 36 heteroatoms. The van der Waals surface area contributed by atoms with Crippen LogP contribution >= 0.6 is 0 Å². The molecule has 0 radical (unpaired) electrons. The fourth-order valence-corrected chi connectivity index (χ4v) is 13.9. The molecule has 6 aliphatic rings. The monoisotopic (exact) mass is 1590 g/mol. The van der Waals surface area contributed by atoms with Crippen molar-refractivity contribution in [1.29, 1.82) is 0 Å². The van der Waals surface area contributed by atoms with Gasteiger partial charge >= 0.3 is 5.97 Å². The van der Waals surface area contributed by atoms with Crippen LogP contribution in [0.4, 0.5) is 0 Å². The summed E-state index contributed by atoms with van der Waals surface area (Å²) in [5.41, 5.74) is 1.27. The van der Waals surface area contributed by atoms with Crippen LogP contribution in [-0.2, 0) is 67.2 Å². The Bertz CT molecular complexity index is 4300. The minimum absolute atomic E-state index is 0.0445. The number of carbonyl (C=O) groups excluding carboxylic acids is 12. The molecule has 0 bridgehead atoms.